The van der Waals surface area contributed by atoms with Crippen molar-refractivity contribution < 1.29 is 23.5 Å². The minimum Gasteiger partial charge on any atom is -0.393 e. The summed E-state index contributed by atoms with van der Waals surface area (Å²) in [5, 5.41) is 14.7. The highest BCUT2D eigenvalue weighted by atomic mass is 19.1. The summed E-state index contributed by atoms with van der Waals surface area (Å²) in [5.41, 5.74) is -0.409. The predicted molar refractivity (Wildman–Crippen MR) is 90.8 cm³/mol. The Hall–Kier alpha value is -2.74. The van der Waals surface area contributed by atoms with Crippen molar-refractivity contribution in [2.24, 2.45) is 0 Å². The molecule has 1 aliphatic rings. The van der Waals surface area contributed by atoms with Gasteiger partial charge in [-0.2, -0.15) is 0 Å². The van der Waals surface area contributed by atoms with Gasteiger partial charge >= 0.3 is 0 Å². The molecular formula is C18H19F2N3O3. The zero-order valence-electron chi connectivity index (χ0n) is 13.9. The second-order valence-corrected chi connectivity index (χ2v) is 6.31. The molecule has 1 saturated carbocycles. The van der Waals surface area contributed by atoms with Crippen LogP contribution in [0.2, 0.25) is 0 Å². The topological polar surface area (TPSA) is 94.2 Å². The van der Waals surface area contributed by atoms with Gasteiger partial charge in [0.15, 0.2) is 0 Å². The highest BCUT2D eigenvalue weighted by molar-refractivity contribution is 6.09. The lowest BCUT2D eigenvalue weighted by Gasteiger charge is -2.26. The van der Waals surface area contributed by atoms with Gasteiger partial charge in [-0.3, -0.25) is 9.59 Å². The van der Waals surface area contributed by atoms with Gasteiger partial charge in [-0.1, -0.05) is 6.07 Å². The third-order valence-electron chi connectivity index (χ3n) is 4.46. The van der Waals surface area contributed by atoms with Gasteiger partial charge in [0.2, 0.25) is 0 Å². The Morgan fingerprint density at radius 2 is 1.69 bits per heavy atom. The second kappa shape index (κ2) is 7.65. The van der Waals surface area contributed by atoms with Crippen LogP contribution in [0.3, 0.4) is 0 Å². The molecule has 0 saturated heterocycles. The van der Waals surface area contributed by atoms with Crippen LogP contribution >= 0.6 is 0 Å². The fourth-order valence-electron chi connectivity index (χ4n) is 3.04. The molecule has 1 aromatic carbocycles. The number of anilines is 1. The van der Waals surface area contributed by atoms with Crippen molar-refractivity contribution in [1.82, 2.24) is 10.3 Å². The van der Waals surface area contributed by atoms with E-state index >= 15 is 0 Å². The zero-order chi connectivity index (χ0) is 18.7. The quantitative estimate of drug-likeness (QED) is 0.672. The Labute approximate surface area is 148 Å². The molecule has 2 aromatic rings. The first-order valence-electron chi connectivity index (χ1n) is 8.36. The third kappa shape index (κ3) is 3.91. The van der Waals surface area contributed by atoms with Gasteiger partial charge in [-0.25, -0.2) is 8.78 Å². The zero-order valence-corrected chi connectivity index (χ0v) is 13.9. The highest BCUT2D eigenvalue weighted by Gasteiger charge is 2.24. The summed E-state index contributed by atoms with van der Waals surface area (Å²) in [4.78, 5) is 27.3. The molecule has 8 heteroatoms. The van der Waals surface area contributed by atoms with Crippen LogP contribution in [-0.4, -0.2) is 34.1 Å². The van der Waals surface area contributed by atoms with Gasteiger partial charge in [0.25, 0.3) is 11.8 Å². The Bertz CT molecular complexity index is 794. The Balaban J connectivity index is 1.70. The summed E-state index contributed by atoms with van der Waals surface area (Å²) in [6, 6.07) is 3.08. The SMILES string of the molecule is O=C(NC1CCC(O)CC1)c1c[nH]cc1NC(=O)c1c(F)cccc1F. The van der Waals surface area contributed by atoms with Crippen molar-refractivity contribution in [3.8, 4) is 0 Å². The van der Waals surface area contributed by atoms with E-state index in [4.69, 9.17) is 0 Å². The van der Waals surface area contributed by atoms with Crippen LogP contribution in [0.1, 0.15) is 46.4 Å². The molecule has 0 unspecified atom stereocenters. The number of benzene rings is 1. The van der Waals surface area contributed by atoms with E-state index in [1.165, 1.54) is 12.4 Å². The molecule has 0 atom stereocenters. The van der Waals surface area contributed by atoms with Gasteiger partial charge in [0.05, 0.1) is 17.4 Å². The first-order valence-corrected chi connectivity index (χ1v) is 8.36. The number of aliphatic hydroxyl groups excluding tert-OH is 1. The average Bonchev–Trinajstić information content (AvgIpc) is 3.05. The molecule has 0 aliphatic heterocycles. The summed E-state index contributed by atoms with van der Waals surface area (Å²) in [5.74, 6) is -3.35. The lowest BCUT2D eigenvalue weighted by Crippen LogP contribution is -2.38. The van der Waals surface area contributed by atoms with Gasteiger partial charge in [-0.05, 0) is 37.8 Å². The average molecular weight is 363 g/mol. The number of H-pyrrole nitrogens is 1. The number of amides is 2. The number of rotatable bonds is 4. The third-order valence-corrected chi connectivity index (χ3v) is 4.46. The largest absolute Gasteiger partial charge is 0.393 e. The smallest absolute Gasteiger partial charge is 0.261 e. The van der Waals surface area contributed by atoms with E-state index in [0.29, 0.717) is 25.7 Å². The highest BCUT2D eigenvalue weighted by Crippen LogP contribution is 2.21. The summed E-state index contributed by atoms with van der Waals surface area (Å²) in [6.45, 7) is 0. The van der Waals surface area contributed by atoms with Crippen LogP contribution in [0.4, 0.5) is 14.5 Å². The number of aliphatic hydroxyl groups is 1. The maximum absolute atomic E-state index is 13.7. The maximum atomic E-state index is 13.7. The van der Waals surface area contributed by atoms with Crippen LogP contribution in [-0.2, 0) is 0 Å². The van der Waals surface area contributed by atoms with E-state index in [0.717, 1.165) is 18.2 Å². The molecule has 1 heterocycles. The molecule has 1 aromatic heterocycles. The van der Waals surface area contributed by atoms with Crippen LogP contribution in [0, 0.1) is 11.6 Å². The minimum absolute atomic E-state index is 0.0617. The molecule has 2 amide bonds. The fraction of sp³-hybridized carbons (Fsp3) is 0.333. The number of halogens is 2. The summed E-state index contributed by atoms with van der Waals surface area (Å²) < 4.78 is 27.4. The number of aromatic amines is 1. The van der Waals surface area contributed by atoms with Crippen LogP contribution in [0.5, 0.6) is 0 Å². The van der Waals surface area contributed by atoms with Crippen molar-refractivity contribution >= 4 is 17.5 Å². The van der Waals surface area contributed by atoms with E-state index < -0.39 is 29.0 Å². The lowest BCUT2D eigenvalue weighted by atomic mass is 9.93. The second-order valence-electron chi connectivity index (χ2n) is 6.31. The molecule has 6 nitrogen and oxygen atoms in total. The first kappa shape index (κ1) is 18.1. The van der Waals surface area contributed by atoms with E-state index in [-0.39, 0.29) is 23.4 Å². The number of nitrogens with one attached hydrogen (secondary N) is 3. The van der Waals surface area contributed by atoms with E-state index in [1.54, 1.807) is 0 Å². The van der Waals surface area contributed by atoms with Crippen LogP contribution in [0.25, 0.3) is 0 Å². The molecule has 0 spiro atoms. The van der Waals surface area contributed by atoms with Gasteiger partial charge in [0, 0.05) is 18.4 Å². The number of carbonyl (C=O) groups is 2. The number of hydrogen-bond donors (Lipinski definition) is 4. The van der Waals surface area contributed by atoms with E-state index in [2.05, 4.69) is 15.6 Å². The molecule has 26 heavy (non-hydrogen) atoms. The van der Waals surface area contributed by atoms with E-state index in [9.17, 15) is 23.5 Å². The number of aromatic nitrogens is 1. The molecular weight excluding hydrogens is 344 g/mol. The number of hydrogen-bond acceptors (Lipinski definition) is 3. The lowest BCUT2D eigenvalue weighted by molar-refractivity contribution is 0.0868. The maximum Gasteiger partial charge on any atom is 0.261 e. The monoisotopic (exact) mass is 363 g/mol. The van der Waals surface area contributed by atoms with Gasteiger partial charge < -0.3 is 20.7 Å². The van der Waals surface area contributed by atoms with Gasteiger partial charge in [-0.15, -0.1) is 0 Å². The van der Waals surface area contributed by atoms with Crippen LogP contribution < -0.4 is 10.6 Å². The van der Waals surface area contributed by atoms with Crippen molar-refractivity contribution in [3.05, 3.63) is 53.4 Å². The predicted octanol–water partition coefficient (Wildman–Crippen LogP) is 2.58. The molecule has 1 fully saturated rings. The molecule has 3 rings (SSSR count). The fourth-order valence-corrected chi connectivity index (χ4v) is 3.04. The van der Waals surface area contributed by atoms with Crippen molar-refractivity contribution in [3.63, 3.8) is 0 Å². The summed E-state index contributed by atoms with van der Waals surface area (Å²) in [7, 11) is 0. The number of carbonyl (C=O) groups excluding carboxylic acids is 2. The van der Waals surface area contributed by atoms with Crippen molar-refractivity contribution in [2.45, 2.75) is 37.8 Å². The standard InChI is InChI=1S/C18H19F2N3O3/c19-13-2-1-3-14(20)16(13)18(26)23-15-9-21-8-12(15)17(25)22-10-4-6-11(24)7-5-10/h1-3,8-11,21,24H,4-7H2,(H,22,25)(H,23,26). The normalized spacial score (nSPS) is 19.8. The molecule has 138 valence electrons. The molecule has 0 bridgehead atoms. The Morgan fingerprint density at radius 1 is 1.04 bits per heavy atom. The molecule has 0 radical (unpaired) electrons. The molecule has 4 N–H and O–H groups in total. The van der Waals surface area contributed by atoms with Crippen molar-refractivity contribution in [2.75, 3.05) is 5.32 Å². The summed E-state index contributed by atoms with van der Waals surface area (Å²) >= 11 is 0. The molecule has 1 aliphatic carbocycles. The Morgan fingerprint density at radius 3 is 2.35 bits per heavy atom. The Kier molecular flexibility index (Phi) is 5.32. The minimum atomic E-state index is -0.982. The first-order chi connectivity index (χ1) is 12.5. The summed E-state index contributed by atoms with van der Waals surface area (Å²) in [6.07, 6.45) is 5.01. The van der Waals surface area contributed by atoms with Crippen molar-refractivity contribution in [1.29, 1.82) is 0 Å². The van der Waals surface area contributed by atoms with E-state index in [1.807, 2.05) is 0 Å². The van der Waals surface area contributed by atoms with Crippen LogP contribution in [0.15, 0.2) is 30.6 Å². The van der Waals surface area contributed by atoms with Gasteiger partial charge in [0.1, 0.15) is 17.2 Å².